The van der Waals surface area contributed by atoms with Gasteiger partial charge in [0, 0.05) is 6.04 Å². The molecule has 74 valence electrons. The molecule has 0 spiro atoms. The van der Waals surface area contributed by atoms with E-state index in [2.05, 4.69) is 0 Å². The number of carbonyl (C=O) groups is 3. The zero-order chi connectivity index (χ0) is 10.6. The van der Waals surface area contributed by atoms with Crippen molar-refractivity contribution < 1.29 is 19.5 Å². The van der Waals surface area contributed by atoms with Gasteiger partial charge in [-0.1, -0.05) is 0 Å². The first-order chi connectivity index (χ1) is 5.86. The molecule has 13 heavy (non-hydrogen) atoms. The number of aliphatic carboxylic acids is 1. The number of nitrogens with two attached hydrogens (primary N) is 1. The topological polar surface area (TPSA) is 101 Å². The van der Waals surface area contributed by atoms with Gasteiger partial charge >= 0.3 is 11.9 Å². The van der Waals surface area contributed by atoms with Crippen molar-refractivity contribution in [2.45, 2.75) is 19.9 Å². The third-order valence-corrected chi connectivity index (χ3v) is 1.39. The van der Waals surface area contributed by atoms with E-state index in [9.17, 15) is 14.4 Å². The molecule has 0 aliphatic heterocycles. The minimum Gasteiger partial charge on any atom is -0.474 e. The van der Waals surface area contributed by atoms with Crippen molar-refractivity contribution >= 4 is 17.8 Å². The second kappa shape index (κ2) is 4.44. The molecule has 3 N–H and O–H groups in total. The smallest absolute Gasteiger partial charge is 0.394 e. The molecule has 0 unspecified atom stereocenters. The summed E-state index contributed by atoms with van der Waals surface area (Å²) in [6, 6.07) is -0.365. The van der Waals surface area contributed by atoms with Gasteiger partial charge in [0.2, 0.25) is 5.91 Å². The molecule has 0 bridgehead atoms. The van der Waals surface area contributed by atoms with Gasteiger partial charge in [-0.3, -0.25) is 9.59 Å². The number of rotatable bonds is 3. The Morgan fingerprint density at radius 2 is 1.85 bits per heavy atom. The SMILES string of the molecule is CC(C)N(CC(N)=O)C(=O)C(=O)O. The first-order valence-electron chi connectivity index (χ1n) is 3.68. The number of carboxylic acid groups (broad SMARTS) is 1. The van der Waals surface area contributed by atoms with Gasteiger partial charge in [0.15, 0.2) is 0 Å². The Hall–Kier alpha value is -1.59. The fourth-order valence-electron chi connectivity index (χ4n) is 0.780. The zero-order valence-electron chi connectivity index (χ0n) is 7.48. The van der Waals surface area contributed by atoms with Crippen LogP contribution in [0.25, 0.3) is 0 Å². The van der Waals surface area contributed by atoms with Crippen LogP contribution in [-0.2, 0) is 14.4 Å². The van der Waals surface area contributed by atoms with Gasteiger partial charge in [-0.2, -0.15) is 0 Å². The number of amides is 2. The lowest BCUT2D eigenvalue weighted by molar-refractivity contribution is -0.157. The van der Waals surface area contributed by atoms with Gasteiger partial charge in [0.1, 0.15) is 6.54 Å². The molecule has 0 fully saturated rings. The highest BCUT2D eigenvalue weighted by molar-refractivity contribution is 6.31. The second-order valence-electron chi connectivity index (χ2n) is 2.80. The van der Waals surface area contributed by atoms with E-state index in [0.29, 0.717) is 0 Å². The summed E-state index contributed by atoms with van der Waals surface area (Å²) in [6.45, 7) is 2.83. The Balaban J connectivity index is 4.51. The molecule has 0 saturated carbocycles. The van der Waals surface area contributed by atoms with Crippen LogP contribution in [0.3, 0.4) is 0 Å². The summed E-state index contributed by atoms with van der Waals surface area (Å²) < 4.78 is 0. The first-order valence-corrected chi connectivity index (χ1v) is 3.68. The number of nitrogens with zero attached hydrogens (tertiary/aromatic N) is 1. The average molecular weight is 188 g/mol. The van der Waals surface area contributed by atoms with E-state index in [1.807, 2.05) is 0 Å². The van der Waals surface area contributed by atoms with Crippen molar-refractivity contribution in [3.05, 3.63) is 0 Å². The largest absolute Gasteiger partial charge is 0.474 e. The summed E-state index contributed by atoms with van der Waals surface area (Å²) >= 11 is 0. The Bertz CT molecular complexity index is 237. The summed E-state index contributed by atoms with van der Waals surface area (Å²) in [7, 11) is 0. The minimum absolute atomic E-state index is 0.365. The van der Waals surface area contributed by atoms with Crippen LogP contribution in [0.4, 0.5) is 0 Å². The molecule has 0 rings (SSSR count). The van der Waals surface area contributed by atoms with Crippen LogP contribution < -0.4 is 5.73 Å². The lowest BCUT2D eigenvalue weighted by atomic mass is 10.3. The van der Waals surface area contributed by atoms with Crippen LogP contribution in [0.5, 0.6) is 0 Å². The predicted octanol–water partition coefficient (Wildman–Crippen LogP) is -1.21. The molecule has 0 aromatic carbocycles. The van der Waals surface area contributed by atoms with E-state index in [0.717, 1.165) is 4.90 Å². The third-order valence-electron chi connectivity index (χ3n) is 1.39. The summed E-state index contributed by atoms with van der Waals surface area (Å²) in [5.41, 5.74) is 4.84. The highest BCUT2D eigenvalue weighted by Gasteiger charge is 2.24. The van der Waals surface area contributed by atoms with E-state index in [1.165, 1.54) is 0 Å². The maximum absolute atomic E-state index is 10.9. The highest BCUT2D eigenvalue weighted by atomic mass is 16.4. The average Bonchev–Trinajstić information content (AvgIpc) is 1.97. The number of carbonyl (C=O) groups excluding carboxylic acids is 2. The maximum Gasteiger partial charge on any atom is 0.394 e. The van der Waals surface area contributed by atoms with E-state index in [-0.39, 0.29) is 12.6 Å². The minimum atomic E-state index is -1.59. The summed E-state index contributed by atoms with van der Waals surface area (Å²) in [4.78, 5) is 32.6. The lowest BCUT2D eigenvalue weighted by Gasteiger charge is -2.22. The lowest BCUT2D eigenvalue weighted by Crippen LogP contribution is -2.45. The van der Waals surface area contributed by atoms with Crippen molar-refractivity contribution in [1.29, 1.82) is 0 Å². The standard InChI is InChI=1S/C7H12N2O4/c1-4(2)9(3-5(8)10)6(11)7(12)13/h4H,3H2,1-2H3,(H2,8,10)(H,12,13). The Kier molecular flexibility index (Phi) is 3.90. The zero-order valence-corrected chi connectivity index (χ0v) is 7.48. The first kappa shape index (κ1) is 11.4. The van der Waals surface area contributed by atoms with E-state index in [1.54, 1.807) is 13.8 Å². The molecule has 0 saturated heterocycles. The molecular weight excluding hydrogens is 176 g/mol. The van der Waals surface area contributed by atoms with Gasteiger partial charge in [0.25, 0.3) is 0 Å². The van der Waals surface area contributed by atoms with Crippen molar-refractivity contribution in [1.82, 2.24) is 4.90 Å². The highest BCUT2D eigenvalue weighted by Crippen LogP contribution is 1.98. The number of carboxylic acids is 1. The Labute approximate surface area is 75.3 Å². The van der Waals surface area contributed by atoms with Crippen molar-refractivity contribution in [3.8, 4) is 0 Å². The fraction of sp³-hybridized carbons (Fsp3) is 0.571. The van der Waals surface area contributed by atoms with Gasteiger partial charge in [-0.25, -0.2) is 4.79 Å². The van der Waals surface area contributed by atoms with Crippen LogP contribution in [0, 0.1) is 0 Å². The van der Waals surface area contributed by atoms with Crippen molar-refractivity contribution in [2.24, 2.45) is 5.73 Å². The van der Waals surface area contributed by atoms with E-state index in [4.69, 9.17) is 10.8 Å². The van der Waals surface area contributed by atoms with Crippen molar-refractivity contribution in [2.75, 3.05) is 6.54 Å². The molecule has 6 heteroatoms. The van der Waals surface area contributed by atoms with Gasteiger partial charge in [-0.15, -0.1) is 0 Å². The van der Waals surface area contributed by atoms with E-state index < -0.39 is 17.8 Å². The van der Waals surface area contributed by atoms with E-state index >= 15 is 0 Å². The number of hydrogen-bond acceptors (Lipinski definition) is 3. The van der Waals surface area contributed by atoms with Gasteiger partial charge < -0.3 is 15.7 Å². The maximum atomic E-state index is 10.9. The molecule has 0 aromatic heterocycles. The van der Waals surface area contributed by atoms with Crippen LogP contribution in [-0.4, -0.2) is 40.4 Å². The molecule has 0 aliphatic rings. The van der Waals surface area contributed by atoms with Crippen LogP contribution in [0.15, 0.2) is 0 Å². The summed E-state index contributed by atoms with van der Waals surface area (Å²) in [5, 5.41) is 8.37. The molecule has 2 amide bonds. The third kappa shape index (κ3) is 3.55. The monoisotopic (exact) mass is 188 g/mol. The second-order valence-corrected chi connectivity index (χ2v) is 2.80. The molecular formula is C7H12N2O4. The summed E-state index contributed by atoms with van der Waals surface area (Å²) in [6.07, 6.45) is 0. The fourth-order valence-corrected chi connectivity index (χ4v) is 0.780. The van der Waals surface area contributed by atoms with Gasteiger partial charge in [-0.05, 0) is 13.8 Å². The van der Waals surface area contributed by atoms with Gasteiger partial charge in [0.05, 0.1) is 0 Å². The molecule has 0 aromatic rings. The molecule has 0 aliphatic carbocycles. The number of primary amides is 1. The van der Waals surface area contributed by atoms with Crippen LogP contribution in [0.1, 0.15) is 13.8 Å². The normalized spacial score (nSPS) is 9.77. The predicted molar refractivity (Wildman–Crippen MR) is 43.7 cm³/mol. The molecule has 0 heterocycles. The van der Waals surface area contributed by atoms with Crippen LogP contribution in [0.2, 0.25) is 0 Å². The molecule has 0 atom stereocenters. The van der Waals surface area contributed by atoms with Crippen LogP contribution >= 0.6 is 0 Å². The quantitative estimate of drug-likeness (QED) is 0.543. The van der Waals surface area contributed by atoms with Crippen molar-refractivity contribution in [3.63, 3.8) is 0 Å². The summed E-state index contributed by atoms with van der Waals surface area (Å²) in [5.74, 6) is -3.44. The molecule has 0 radical (unpaired) electrons. The Morgan fingerprint density at radius 3 is 2.08 bits per heavy atom. The molecule has 6 nitrogen and oxygen atoms in total. The Morgan fingerprint density at radius 1 is 1.38 bits per heavy atom. The number of hydrogen-bond donors (Lipinski definition) is 2.